The van der Waals surface area contributed by atoms with E-state index in [1.54, 1.807) is 0 Å². The largest absolute Gasteiger partial charge is 0.359 e. The Bertz CT molecular complexity index is 512. The van der Waals surface area contributed by atoms with Crippen molar-refractivity contribution in [2.75, 3.05) is 7.05 Å². The summed E-state index contributed by atoms with van der Waals surface area (Å²) in [5, 5.41) is 3.49. The van der Waals surface area contributed by atoms with E-state index < -0.39 is 0 Å². The molecule has 1 N–H and O–H groups in total. The first kappa shape index (κ1) is 10.8. The second-order valence-corrected chi connectivity index (χ2v) is 4.51. The lowest BCUT2D eigenvalue weighted by Crippen LogP contribution is -2.20. The number of rotatable bonds is 3. The molecule has 16 heavy (non-hydrogen) atoms. The lowest BCUT2D eigenvalue weighted by Gasteiger charge is -1.95. The number of thiophene rings is 1. The Balaban J connectivity index is 2.26. The minimum Gasteiger partial charge on any atom is -0.359 e. The molecule has 0 aliphatic carbocycles. The van der Waals surface area contributed by atoms with Crippen molar-refractivity contribution in [3.63, 3.8) is 0 Å². The molecule has 0 spiro atoms. The van der Waals surface area contributed by atoms with E-state index in [0.29, 0.717) is 4.88 Å². The van der Waals surface area contributed by atoms with Crippen LogP contribution in [-0.4, -0.2) is 18.7 Å². The Labute approximate surface area is 97.1 Å². The first-order valence-electron chi connectivity index (χ1n) is 4.93. The molecule has 0 unspecified atom stereocenters. The quantitative estimate of drug-likeness (QED) is 0.652. The number of benzene rings is 1. The fourth-order valence-corrected chi connectivity index (χ4v) is 2.44. The van der Waals surface area contributed by atoms with Gasteiger partial charge in [-0.15, -0.1) is 11.3 Å². The van der Waals surface area contributed by atoms with E-state index >= 15 is 0 Å². The van der Waals surface area contributed by atoms with Gasteiger partial charge in [-0.2, -0.15) is 0 Å². The van der Waals surface area contributed by atoms with Gasteiger partial charge >= 0.3 is 0 Å². The average molecular weight is 233 g/mol. The number of hydrogen-bond donors (Lipinski definition) is 1. The van der Waals surface area contributed by atoms with E-state index in [9.17, 15) is 9.59 Å². The Kier molecular flexibility index (Phi) is 3.01. The average Bonchev–Trinajstić information content (AvgIpc) is 2.72. The lowest BCUT2D eigenvalue weighted by molar-refractivity contribution is -0.119. The fraction of sp³-hybridized carbons (Fsp3) is 0.167. The van der Waals surface area contributed by atoms with Crippen molar-refractivity contribution in [2.24, 2.45) is 0 Å². The molecule has 1 heterocycles. The van der Waals surface area contributed by atoms with E-state index in [1.165, 1.54) is 18.4 Å². The van der Waals surface area contributed by atoms with Crippen LogP contribution in [0.15, 0.2) is 30.3 Å². The highest BCUT2D eigenvalue weighted by Gasteiger charge is 2.13. The van der Waals surface area contributed by atoms with E-state index in [2.05, 4.69) is 5.32 Å². The highest BCUT2D eigenvalue weighted by molar-refractivity contribution is 7.20. The molecule has 2 aromatic rings. The number of Topliss-reactive ketones (excluding diaryl/α,β-unsaturated/α-hetero) is 1. The number of nitrogens with one attached hydrogen (secondary N) is 1. The zero-order valence-electron chi connectivity index (χ0n) is 8.82. The summed E-state index contributed by atoms with van der Waals surface area (Å²) < 4.78 is 1.07. The molecule has 0 radical (unpaired) electrons. The van der Waals surface area contributed by atoms with Crippen LogP contribution in [0.4, 0.5) is 0 Å². The second-order valence-electron chi connectivity index (χ2n) is 3.42. The molecule has 0 saturated carbocycles. The number of fused-ring (bicyclic) bond motifs is 1. The van der Waals surface area contributed by atoms with Crippen molar-refractivity contribution >= 4 is 33.1 Å². The molecule has 0 bridgehead atoms. The van der Waals surface area contributed by atoms with Gasteiger partial charge in [0.2, 0.25) is 5.91 Å². The third-order valence-electron chi connectivity index (χ3n) is 2.30. The van der Waals surface area contributed by atoms with E-state index in [1.807, 2.05) is 30.3 Å². The first-order chi connectivity index (χ1) is 7.70. The Morgan fingerprint density at radius 1 is 1.31 bits per heavy atom. The summed E-state index contributed by atoms with van der Waals surface area (Å²) in [4.78, 5) is 23.5. The normalized spacial score (nSPS) is 10.3. The number of carbonyl (C=O) groups excluding carboxylic acids is 2. The van der Waals surface area contributed by atoms with Crippen LogP contribution in [0.25, 0.3) is 10.1 Å². The smallest absolute Gasteiger partial charge is 0.227 e. The van der Waals surface area contributed by atoms with Gasteiger partial charge < -0.3 is 5.32 Å². The van der Waals surface area contributed by atoms with Gasteiger partial charge in [0.15, 0.2) is 5.78 Å². The molecule has 0 saturated heterocycles. The van der Waals surface area contributed by atoms with Crippen molar-refractivity contribution in [1.82, 2.24) is 5.32 Å². The van der Waals surface area contributed by atoms with Gasteiger partial charge in [0, 0.05) is 11.7 Å². The van der Waals surface area contributed by atoms with Gasteiger partial charge in [0.1, 0.15) is 0 Å². The summed E-state index contributed by atoms with van der Waals surface area (Å²) in [6.07, 6.45) is -0.0800. The molecule has 4 heteroatoms. The topological polar surface area (TPSA) is 46.2 Å². The van der Waals surface area contributed by atoms with E-state index in [-0.39, 0.29) is 18.1 Å². The minimum absolute atomic E-state index is 0.0800. The highest BCUT2D eigenvalue weighted by Crippen LogP contribution is 2.26. The third kappa shape index (κ3) is 2.12. The summed E-state index contributed by atoms with van der Waals surface area (Å²) >= 11 is 1.43. The molecule has 0 aliphatic rings. The standard InChI is InChI=1S/C12H11NO2S/c1-13-12(15)7-9(14)11-6-8-4-2-3-5-10(8)16-11/h2-6H,7H2,1H3,(H,13,15). The molecule has 1 aromatic heterocycles. The monoisotopic (exact) mass is 233 g/mol. The van der Waals surface area contributed by atoms with Crippen LogP contribution in [0.2, 0.25) is 0 Å². The second kappa shape index (κ2) is 4.45. The van der Waals surface area contributed by atoms with Crippen LogP contribution in [0.3, 0.4) is 0 Å². The number of ketones is 1. The molecule has 82 valence electrons. The summed E-state index contributed by atoms with van der Waals surface area (Å²) in [7, 11) is 1.53. The summed E-state index contributed by atoms with van der Waals surface area (Å²) in [6, 6.07) is 9.64. The zero-order valence-corrected chi connectivity index (χ0v) is 9.64. The van der Waals surface area contributed by atoms with Crippen molar-refractivity contribution in [3.05, 3.63) is 35.2 Å². The molecule has 0 aliphatic heterocycles. The maximum atomic E-state index is 11.7. The minimum atomic E-state index is -0.248. The van der Waals surface area contributed by atoms with E-state index in [4.69, 9.17) is 0 Å². The van der Waals surface area contributed by atoms with Crippen LogP contribution in [0, 0.1) is 0 Å². The van der Waals surface area contributed by atoms with Crippen molar-refractivity contribution in [3.8, 4) is 0 Å². The molecule has 0 fully saturated rings. The molecule has 2 rings (SSSR count). The predicted octanol–water partition coefficient (Wildman–Crippen LogP) is 2.22. The number of carbonyl (C=O) groups is 2. The van der Waals surface area contributed by atoms with Gasteiger partial charge in [0.25, 0.3) is 0 Å². The lowest BCUT2D eigenvalue weighted by atomic mass is 10.2. The van der Waals surface area contributed by atoms with Gasteiger partial charge in [-0.1, -0.05) is 18.2 Å². The Morgan fingerprint density at radius 2 is 2.06 bits per heavy atom. The fourth-order valence-electron chi connectivity index (χ4n) is 1.44. The van der Waals surface area contributed by atoms with Crippen molar-refractivity contribution in [1.29, 1.82) is 0 Å². The van der Waals surface area contributed by atoms with Gasteiger partial charge in [-0.05, 0) is 17.5 Å². The number of hydrogen-bond acceptors (Lipinski definition) is 3. The Morgan fingerprint density at radius 3 is 2.75 bits per heavy atom. The first-order valence-corrected chi connectivity index (χ1v) is 5.74. The van der Waals surface area contributed by atoms with Crippen LogP contribution in [-0.2, 0) is 4.79 Å². The van der Waals surface area contributed by atoms with Crippen LogP contribution < -0.4 is 5.32 Å². The van der Waals surface area contributed by atoms with Gasteiger partial charge in [-0.25, -0.2) is 0 Å². The van der Waals surface area contributed by atoms with Crippen LogP contribution in [0.5, 0.6) is 0 Å². The maximum Gasteiger partial charge on any atom is 0.227 e. The molecule has 1 aromatic carbocycles. The summed E-state index contributed by atoms with van der Waals surface area (Å²) in [5.74, 6) is -0.372. The molecular formula is C12H11NO2S. The van der Waals surface area contributed by atoms with Crippen LogP contribution >= 0.6 is 11.3 Å². The third-order valence-corrected chi connectivity index (χ3v) is 3.46. The number of amides is 1. The zero-order chi connectivity index (χ0) is 11.5. The van der Waals surface area contributed by atoms with E-state index in [0.717, 1.165) is 10.1 Å². The SMILES string of the molecule is CNC(=O)CC(=O)c1cc2ccccc2s1. The Hall–Kier alpha value is -1.68. The molecule has 0 atom stereocenters. The molecule has 1 amide bonds. The predicted molar refractivity (Wildman–Crippen MR) is 64.8 cm³/mol. The van der Waals surface area contributed by atoms with Gasteiger partial charge in [0.05, 0.1) is 11.3 Å². The molecule has 3 nitrogen and oxygen atoms in total. The van der Waals surface area contributed by atoms with Crippen molar-refractivity contribution in [2.45, 2.75) is 6.42 Å². The summed E-state index contributed by atoms with van der Waals surface area (Å²) in [5.41, 5.74) is 0. The maximum absolute atomic E-state index is 11.7. The summed E-state index contributed by atoms with van der Waals surface area (Å²) in [6.45, 7) is 0. The van der Waals surface area contributed by atoms with Crippen LogP contribution in [0.1, 0.15) is 16.1 Å². The van der Waals surface area contributed by atoms with Crippen molar-refractivity contribution < 1.29 is 9.59 Å². The highest BCUT2D eigenvalue weighted by atomic mass is 32.1. The van der Waals surface area contributed by atoms with Gasteiger partial charge in [-0.3, -0.25) is 9.59 Å². The molecular weight excluding hydrogens is 222 g/mol.